The second-order valence-electron chi connectivity index (χ2n) is 17.3. The van der Waals surface area contributed by atoms with E-state index in [1.54, 1.807) is 0 Å². The Balaban J connectivity index is 4.57. The summed E-state index contributed by atoms with van der Waals surface area (Å²) in [7, 11) is 0. The average Bonchev–Trinajstić information content (AvgIpc) is 3.25. The number of hydrogen-bond acceptors (Lipinski definition) is 5. The van der Waals surface area contributed by atoms with Crippen LogP contribution in [0.3, 0.4) is 0 Å². The standard InChI is InChI=1S/C55H97NO5/c1-4-7-10-13-16-19-22-24-26-27-28-29-31-33-36-39-42-45-48-55(60)61-51(46-43-40-37-34-21-18-15-12-9-6-3)49-54(59)56-52(50-57)53(58)47-44-41-38-35-32-30-25-23-20-17-14-11-8-5-2/h10,13,16,18-19,21-22,24,26-29,51-53,57-58H,4-9,11-12,14-15,17,20,23,25,30-50H2,1-3H3,(H,56,59)/b13-10+,19-16+,21-18-,24-22+,27-26+,29-28+. The van der Waals surface area contributed by atoms with Crippen LogP contribution in [0.15, 0.2) is 72.9 Å². The third-order valence-electron chi connectivity index (χ3n) is 11.4. The van der Waals surface area contributed by atoms with Gasteiger partial charge in [-0.05, 0) is 70.6 Å². The molecule has 61 heavy (non-hydrogen) atoms. The minimum absolute atomic E-state index is 0.0535. The summed E-state index contributed by atoms with van der Waals surface area (Å²) in [4.78, 5) is 26.1. The average molecular weight is 852 g/mol. The molecular formula is C55H97NO5. The van der Waals surface area contributed by atoms with Crippen LogP contribution in [0.25, 0.3) is 0 Å². The third kappa shape index (κ3) is 43.7. The monoisotopic (exact) mass is 852 g/mol. The van der Waals surface area contributed by atoms with E-state index in [-0.39, 0.29) is 24.9 Å². The van der Waals surface area contributed by atoms with Gasteiger partial charge in [-0.1, -0.05) is 229 Å². The zero-order chi connectivity index (χ0) is 44.5. The Morgan fingerprint density at radius 2 is 0.885 bits per heavy atom. The van der Waals surface area contributed by atoms with E-state index in [0.717, 1.165) is 96.3 Å². The van der Waals surface area contributed by atoms with Crippen molar-refractivity contribution in [1.29, 1.82) is 0 Å². The topological polar surface area (TPSA) is 95.9 Å². The lowest BCUT2D eigenvalue weighted by Gasteiger charge is -2.24. The van der Waals surface area contributed by atoms with Crippen LogP contribution < -0.4 is 5.32 Å². The molecule has 0 aliphatic rings. The van der Waals surface area contributed by atoms with Gasteiger partial charge in [0.1, 0.15) is 6.10 Å². The fourth-order valence-corrected chi connectivity index (χ4v) is 7.45. The Hall–Kier alpha value is -2.70. The smallest absolute Gasteiger partial charge is 0.306 e. The molecule has 0 aromatic rings. The van der Waals surface area contributed by atoms with E-state index in [1.165, 1.54) is 96.3 Å². The first kappa shape index (κ1) is 58.3. The first-order valence-electron chi connectivity index (χ1n) is 25.7. The summed E-state index contributed by atoms with van der Waals surface area (Å²) in [6, 6.07) is -0.713. The maximum Gasteiger partial charge on any atom is 0.306 e. The van der Waals surface area contributed by atoms with Crippen LogP contribution in [0, 0.1) is 0 Å². The van der Waals surface area contributed by atoms with Crippen LogP contribution in [0.2, 0.25) is 0 Å². The van der Waals surface area contributed by atoms with Gasteiger partial charge >= 0.3 is 5.97 Å². The van der Waals surface area contributed by atoms with Crippen molar-refractivity contribution in [3.63, 3.8) is 0 Å². The molecule has 0 aliphatic heterocycles. The second-order valence-corrected chi connectivity index (χ2v) is 17.3. The van der Waals surface area contributed by atoms with E-state index in [4.69, 9.17) is 4.74 Å². The van der Waals surface area contributed by atoms with Gasteiger partial charge in [-0.3, -0.25) is 9.59 Å². The third-order valence-corrected chi connectivity index (χ3v) is 11.4. The van der Waals surface area contributed by atoms with E-state index in [9.17, 15) is 19.8 Å². The Bertz CT molecular complexity index is 1140. The lowest BCUT2D eigenvalue weighted by molar-refractivity contribution is -0.151. The molecule has 0 rings (SSSR count). The fourth-order valence-electron chi connectivity index (χ4n) is 7.45. The van der Waals surface area contributed by atoms with Crippen molar-refractivity contribution in [1.82, 2.24) is 5.32 Å². The molecule has 0 saturated carbocycles. The quantitative estimate of drug-likeness (QED) is 0.0245. The van der Waals surface area contributed by atoms with Gasteiger partial charge in [0.25, 0.3) is 0 Å². The normalized spacial score (nSPS) is 13.9. The Labute approximate surface area is 377 Å². The number of aliphatic hydroxyl groups is 2. The molecule has 6 nitrogen and oxygen atoms in total. The zero-order valence-corrected chi connectivity index (χ0v) is 40.0. The van der Waals surface area contributed by atoms with E-state index in [1.807, 2.05) is 24.3 Å². The van der Waals surface area contributed by atoms with Crippen LogP contribution in [0.1, 0.15) is 239 Å². The molecule has 0 spiro atoms. The van der Waals surface area contributed by atoms with Crippen molar-refractivity contribution in [3.8, 4) is 0 Å². The van der Waals surface area contributed by atoms with E-state index in [2.05, 4.69) is 74.7 Å². The highest BCUT2D eigenvalue weighted by Gasteiger charge is 2.24. The van der Waals surface area contributed by atoms with Gasteiger partial charge in [0.15, 0.2) is 0 Å². The second kappa shape index (κ2) is 48.3. The lowest BCUT2D eigenvalue weighted by atomic mass is 10.0. The van der Waals surface area contributed by atoms with E-state index >= 15 is 0 Å². The van der Waals surface area contributed by atoms with Crippen LogP contribution in [0.4, 0.5) is 0 Å². The molecular weight excluding hydrogens is 755 g/mol. The highest BCUT2D eigenvalue weighted by Crippen LogP contribution is 2.17. The number of hydrogen-bond donors (Lipinski definition) is 3. The molecule has 352 valence electrons. The van der Waals surface area contributed by atoms with Gasteiger partial charge in [-0.25, -0.2) is 0 Å². The van der Waals surface area contributed by atoms with Crippen molar-refractivity contribution in [3.05, 3.63) is 72.9 Å². The van der Waals surface area contributed by atoms with Crippen molar-refractivity contribution < 1.29 is 24.5 Å². The number of allylic oxidation sites excluding steroid dienone is 12. The minimum Gasteiger partial charge on any atom is -0.462 e. The molecule has 3 N–H and O–H groups in total. The molecule has 0 aromatic heterocycles. The highest BCUT2D eigenvalue weighted by atomic mass is 16.5. The summed E-state index contributed by atoms with van der Waals surface area (Å²) in [6.45, 7) is 6.36. The molecule has 0 aliphatic carbocycles. The molecule has 1 amide bonds. The van der Waals surface area contributed by atoms with Crippen LogP contribution >= 0.6 is 0 Å². The van der Waals surface area contributed by atoms with Gasteiger partial charge in [0, 0.05) is 6.42 Å². The maximum absolute atomic E-state index is 13.2. The predicted octanol–water partition coefficient (Wildman–Crippen LogP) is 15.4. The van der Waals surface area contributed by atoms with Gasteiger partial charge in [0.05, 0.1) is 25.2 Å². The number of nitrogens with one attached hydrogen (secondary N) is 1. The molecule has 0 saturated heterocycles. The first-order valence-corrected chi connectivity index (χ1v) is 25.7. The van der Waals surface area contributed by atoms with Gasteiger partial charge < -0.3 is 20.3 Å². The summed E-state index contributed by atoms with van der Waals surface area (Å²) >= 11 is 0. The number of aliphatic hydroxyl groups excluding tert-OH is 2. The minimum atomic E-state index is -0.798. The molecule has 3 atom stereocenters. The Morgan fingerprint density at radius 3 is 1.43 bits per heavy atom. The number of carbonyl (C=O) groups is 2. The molecule has 3 unspecified atom stereocenters. The number of rotatable bonds is 45. The lowest BCUT2D eigenvalue weighted by Crippen LogP contribution is -2.46. The van der Waals surface area contributed by atoms with Gasteiger partial charge in [-0.15, -0.1) is 0 Å². The number of carbonyl (C=O) groups excluding carboxylic acids is 2. The van der Waals surface area contributed by atoms with Crippen molar-refractivity contribution in [2.75, 3.05) is 6.61 Å². The number of ether oxygens (including phenoxy) is 1. The van der Waals surface area contributed by atoms with Gasteiger partial charge in [-0.2, -0.15) is 0 Å². The molecule has 6 heteroatoms. The number of unbranched alkanes of at least 4 members (excludes halogenated alkanes) is 25. The van der Waals surface area contributed by atoms with Crippen molar-refractivity contribution in [2.45, 2.75) is 257 Å². The molecule has 0 heterocycles. The molecule has 0 radical (unpaired) electrons. The summed E-state index contributed by atoms with van der Waals surface area (Å²) in [5, 5.41) is 23.7. The number of esters is 1. The fraction of sp³-hybridized carbons (Fsp3) is 0.745. The summed E-state index contributed by atoms with van der Waals surface area (Å²) in [5.74, 6) is -0.521. The SMILES string of the molecule is CCC/C=C/C=C/C=C/C=C/C=C/CCCCCCCC(=O)OC(CCCCC/C=C\CCCCC)CC(=O)NC(CO)C(O)CCCCCCCCCCCCCCCC. The predicted molar refractivity (Wildman–Crippen MR) is 264 cm³/mol. The zero-order valence-electron chi connectivity index (χ0n) is 40.0. The largest absolute Gasteiger partial charge is 0.462 e. The van der Waals surface area contributed by atoms with Crippen LogP contribution in [0.5, 0.6) is 0 Å². The Kier molecular flexibility index (Phi) is 46.2. The molecule has 0 aromatic carbocycles. The van der Waals surface area contributed by atoms with Crippen LogP contribution in [-0.2, 0) is 14.3 Å². The first-order chi connectivity index (χ1) is 30.0. The number of amides is 1. The Morgan fingerprint density at radius 1 is 0.475 bits per heavy atom. The van der Waals surface area contributed by atoms with Crippen molar-refractivity contribution in [2.24, 2.45) is 0 Å². The van der Waals surface area contributed by atoms with E-state index in [0.29, 0.717) is 19.3 Å². The van der Waals surface area contributed by atoms with Crippen LogP contribution in [-0.4, -0.2) is 46.9 Å². The summed E-state index contributed by atoms with van der Waals surface area (Å²) in [5.41, 5.74) is 0. The highest BCUT2D eigenvalue weighted by molar-refractivity contribution is 5.77. The van der Waals surface area contributed by atoms with E-state index < -0.39 is 18.2 Å². The van der Waals surface area contributed by atoms with Gasteiger partial charge in [0.2, 0.25) is 5.91 Å². The molecule has 0 bridgehead atoms. The summed E-state index contributed by atoms with van der Waals surface area (Å²) < 4.78 is 5.90. The molecule has 0 fully saturated rings. The van der Waals surface area contributed by atoms with Crippen molar-refractivity contribution >= 4 is 11.9 Å². The maximum atomic E-state index is 13.2. The summed E-state index contributed by atoms with van der Waals surface area (Å²) in [6.07, 6.45) is 61.0.